The zero-order valence-electron chi connectivity index (χ0n) is 9.50. The first-order chi connectivity index (χ1) is 7.65. The third kappa shape index (κ3) is 1.82. The fraction of sp³-hybridized carbons (Fsp3) is 0.364. The van der Waals surface area contributed by atoms with Crippen molar-refractivity contribution in [1.29, 1.82) is 0 Å². The number of nitrogens with zero attached hydrogens (tertiary/aromatic N) is 2. The Morgan fingerprint density at radius 1 is 1.44 bits per heavy atom. The van der Waals surface area contributed by atoms with Crippen LogP contribution in [0, 0.1) is 6.92 Å². The molecule has 0 bridgehead atoms. The lowest BCUT2D eigenvalue weighted by molar-refractivity contribution is 0.948. The first-order valence-electron chi connectivity index (χ1n) is 5.10. The average Bonchev–Trinajstić information content (AvgIpc) is 2.26. The van der Waals surface area contributed by atoms with Crippen LogP contribution in [0.1, 0.15) is 18.2 Å². The van der Waals surface area contributed by atoms with E-state index in [0.717, 1.165) is 23.1 Å². The molecule has 2 aromatic rings. The van der Waals surface area contributed by atoms with Crippen LogP contribution >= 0.6 is 11.8 Å². The fourth-order valence-electron chi connectivity index (χ4n) is 1.78. The van der Waals surface area contributed by atoms with Crippen molar-refractivity contribution in [1.82, 2.24) is 15.0 Å². The molecule has 16 heavy (non-hydrogen) atoms. The van der Waals surface area contributed by atoms with Crippen LogP contribution in [0.25, 0.3) is 11.0 Å². The smallest absolute Gasteiger partial charge is 0.249 e. The highest BCUT2D eigenvalue weighted by atomic mass is 32.2. The van der Waals surface area contributed by atoms with Crippen LogP contribution < -0.4 is 5.56 Å². The van der Waals surface area contributed by atoms with Gasteiger partial charge in [-0.15, -0.1) is 0 Å². The molecule has 0 fully saturated rings. The monoisotopic (exact) mass is 235 g/mol. The molecule has 4 nitrogen and oxygen atoms in total. The first-order valence-corrected chi connectivity index (χ1v) is 6.32. The molecule has 0 saturated carbocycles. The van der Waals surface area contributed by atoms with E-state index in [1.54, 1.807) is 6.07 Å². The number of pyridine rings is 1. The van der Waals surface area contributed by atoms with E-state index in [1.165, 1.54) is 11.8 Å². The second kappa shape index (κ2) is 4.25. The van der Waals surface area contributed by atoms with Gasteiger partial charge in [-0.1, -0.05) is 18.7 Å². The third-order valence-electron chi connectivity index (χ3n) is 2.50. The van der Waals surface area contributed by atoms with Crippen molar-refractivity contribution in [2.24, 2.45) is 0 Å². The average molecular weight is 235 g/mol. The van der Waals surface area contributed by atoms with Crippen LogP contribution in [0.4, 0.5) is 0 Å². The lowest BCUT2D eigenvalue weighted by Crippen LogP contribution is -2.09. The van der Waals surface area contributed by atoms with Gasteiger partial charge in [0.2, 0.25) is 5.56 Å². The van der Waals surface area contributed by atoms with E-state index in [2.05, 4.69) is 15.0 Å². The van der Waals surface area contributed by atoms with Gasteiger partial charge < -0.3 is 4.98 Å². The van der Waals surface area contributed by atoms with Crippen LogP contribution in [0.2, 0.25) is 0 Å². The maximum absolute atomic E-state index is 11.5. The second-order valence-electron chi connectivity index (χ2n) is 3.53. The minimum absolute atomic E-state index is 0.102. The molecule has 2 rings (SSSR count). The summed E-state index contributed by atoms with van der Waals surface area (Å²) in [6, 6.07) is 1.62. The van der Waals surface area contributed by atoms with E-state index in [9.17, 15) is 4.79 Å². The number of hydrogen-bond acceptors (Lipinski definition) is 4. The summed E-state index contributed by atoms with van der Waals surface area (Å²) in [5.41, 5.74) is 2.46. The van der Waals surface area contributed by atoms with E-state index in [0.29, 0.717) is 10.8 Å². The van der Waals surface area contributed by atoms with Crippen molar-refractivity contribution in [3.8, 4) is 0 Å². The van der Waals surface area contributed by atoms with Crippen molar-refractivity contribution in [3.05, 3.63) is 27.7 Å². The summed E-state index contributed by atoms with van der Waals surface area (Å²) in [5.74, 6) is 0. The molecule has 5 heteroatoms. The highest BCUT2D eigenvalue weighted by Gasteiger charge is 2.09. The summed E-state index contributed by atoms with van der Waals surface area (Å²) < 4.78 is 0. The summed E-state index contributed by atoms with van der Waals surface area (Å²) in [5, 5.41) is 1.66. The van der Waals surface area contributed by atoms with Gasteiger partial charge in [-0.05, 0) is 25.2 Å². The van der Waals surface area contributed by atoms with Crippen molar-refractivity contribution in [2.75, 3.05) is 6.26 Å². The van der Waals surface area contributed by atoms with Crippen LogP contribution in [-0.4, -0.2) is 21.2 Å². The fourth-order valence-corrected chi connectivity index (χ4v) is 2.19. The Kier molecular flexibility index (Phi) is 2.96. The number of fused-ring (bicyclic) bond motifs is 1. The van der Waals surface area contributed by atoms with Gasteiger partial charge in [-0.3, -0.25) is 4.79 Å². The van der Waals surface area contributed by atoms with E-state index >= 15 is 0 Å². The Hall–Kier alpha value is -1.36. The highest BCUT2D eigenvalue weighted by molar-refractivity contribution is 7.98. The lowest BCUT2D eigenvalue weighted by Gasteiger charge is -2.07. The zero-order valence-corrected chi connectivity index (χ0v) is 10.3. The molecule has 0 unspecified atom stereocenters. The van der Waals surface area contributed by atoms with Gasteiger partial charge >= 0.3 is 0 Å². The molecule has 84 valence electrons. The Morgan fingerprint density at radius 3 is 2.81 bits per heavy atom. The molecular formula is C11H13N3OS. The quantitative estimate of drug-likeness (QED) is 0.638. The van der Waals surface area contributed by atoms with Gasteiger partial charge in [-0.25, -0.2) is 9.97 Å². The molecular weight excluding hydrogens is 222 g/mol. The summed E-state index contributed by atoms with van der Waals surface area (Å²) in [7, 11) is 0. The predicted octanol–water partition coefficient (Wildman–Crippen LogP) is 1.91. The lowest BCUT2D eigenvalue weighted by atomic mass is 10.1. The SMILES string of the molecule is CCc1cc(=O)[nH]c2nc(SC)nc(C)c12. The number of hydrogen-bond donors (Lipinski definition) is 1. The minimum atomic E-state index is -0.102. The maximum atomic E-state index is 11.5. The Bertz CT molecular complexity index is 592. The van der Waals surface area contributed by atoms with Gasteiger partial charge in [0.05, 0.1) is 5.69 Å². The van der Waals surface area contributed by atoms with E-state index in [4.69, 9.17) is 0 Å². The van der Waals surface area contributed by atoms with E-state index in [-0.39, 0.29) is 5.56 Å². The molecule has 0 saturated heterocycles. The number of aryl methyl sites for hydroxylation is 2. The molecule has 2 heterocycles. The summed E-state index contributed by atoms with van der Waals surface area (Å²) in [6.45, 7) is 3.97. The normalized spacial score (nSPS) is 10.9. The van der Waals surface area contributed by atoms with Gasteiger partial charge in [0.25, 0.3) is 0 Å². The minimum Gasteiger partial charge on any atom is -0.306 e. The van der Waals surface area contributed by atoms with Gasteiger partial charge in [0.1, 0.15) is 5.65 Å². The van der Waals surface area contributed by atoms with Crippen molar-refractivity contribution in [3.63, 3.8) is 0 Å². The second-order valence-corrected chi connectivity index (χ2v) is 4.31. The molecule has 0 aliphatic carbocycles. The number of aromatic nitrogens is 3. The number of nitrogens with one attached hydrogen (secondary N) is 1. The van der Waals surface area contributed by atoms with Crippen LogP contribution in [0.3, 0.4) is 0 Å². The molecule has 0 aliphatic rings. The molecule has 0 amide bonds. The van der Waals surface area contributed by atoms with Crippen LogP contribution in [0.15, 0.2) is 16.0 Å². The van der Waals surface area contributed by atoms with Crippen LogP contribution in [-0.2, 0) is 6.42 Å². The number of aromatic amines is 1. The molecule has 0 aliphatic heterocycles. The zero-order chi connectivity index (χ0) is 11.7. The summed E-state index contributed by atoms with van der Waals surface area (Å²) in [6.07, 6.45) is 2.73. The Labute approximate surface area is 97.5 Å². The number of rotatable bonds is 2. The maximum Gasteiger partial charge on any atom is 0.249 e. The highest BCUT2D eigenvalue weighted by Crippen LogP contribution is 2.20. The van der Waals surface area contributed by atoms with Gasteiger partial charge in [-0.2, -0.15) is 0 Å². The Balaban J connectivity index is 2.88. The van der Waals surface area contributed by atoms with Gasteiger partial charge in [0.15, 0.2) is 5.16 Å². The molecule has 2 aromatic heterocycles. The summed E-state index contributed by atoms with van der Waals surface area (Å²) in [4.78, 5) is 22.9. The number of thioether (sulfide) groups is 1. The standard InChI is InChI=1S/C11H13N3OS/c1-4-7-5-8(15)13-10-9(7)6(2)12-11(14-10)16-3/h5H,4H2,1-3H3,(H,12,13,14,15). The predicted molar refractivity (Wildman–Crippen MR) is 66.1 cm³/mol. The van der Waals surface area contributed by atoms with Crippen LogP contribution in [0.5, 0.6) is 0 Å². The molecule has 1 N–H and O–H groups in total. The van der Waals surface area contributed by atoms with E-state index < -0.39 is 0 Å². The molecule has 0 spiro atoms. The largest absolute Gasteiger partial charge is 0.306 e. The van der Waals surface area contributed by atoms with E-state index in [1.807, 2.05) is 20.1 Å². The van der Waals surface area contributed by atoms with Gasteiger partial charge in [0, 0.05) is 11.5 Å². The van der Waals surface area contributed by atoms with Crippen molar-refractivity contribution < 1.29 is 0 Å². The molecule has 0 atom stereocenters. The Morgan fingerprint density at radius 2 is 2.19 bits per heavy atom. The van der Waals surface area contributed by atoms with Crippen molar-refractivity contribution >= 4 is 22.8 Å². The van der Waals surface area contributed by atoms with Crippen molar-refractivity contribution in [2.45, 2.75) is 25.4 Å². The third-order valence-corrected chi connectivity index (χ3v) is 3.05. The summed E-state index contributed by atoms with van der Waals surface area (Å²) >= 11 is 1.47. The topological polar surface area (TPSA) is 58.6 Å². The molecule has 0 radical (unpaired) electrons. The first kappa shape index (κ1) is 11.1. The molecule has 0 aromatic carbocycles. The number of H-pyrrole nitrogens is 1.